The van der Waals surface area contributed by atoms with Crippen LogP contribution in [-0.4, -0.2) is 52.2 Å². The molecule has 10 heteroatoms. The van der Waals surface area contributed by atoms with Gasteiger partial charge in [-0.15, -0.1) is 0 Å². The number of nitrogens with zero attached hydrogens (tertiary/aromatic N) is 2. The molecule has 3 N–H and O–H groups in total. The molecule has 0 saturated heterocycles. The molecule has 0 unspecified atom stereocenters. The van der Waals surface area contributed by atoms with E-state index in [1.165, 1.54) is 26.1 Å². The first-order valence-electron chi connectivity index (χ1n) is 12.5. The molecule has 0 radical (unpaired) electrons. The quantitative estimate of drug-likeness (QED) is 0.463. The van der Waals surface area contributed by atoms with Gasteiger partial charge in [-0.1, -0.05) is 0 Å². The maximum Gasteiger partial charge on any atom is 0.255 e. The minimum atomic E-state index is -0.183. The molecule has 0 spiro atoms. The maximum absolute atomic E-state index is 13.2. The van der Waals surface area contributed by atoms with E-state index in [0.717, 1.165) is 25.7 Å². The van der Waals surface area contributed by atoms with Gasteiger partial charge >= 0.3 is 0 Å². The Morgan fingerprint density at radius 2 is 1.83 bits per heavy atom. The summed E-state index contributed by atoms with van der Waals surface area (Å²) in [4.78, 5) is 36.7. The van der Waals surface area contributed by atoms with Crippen molar-refractivity contribution >= 4 is 22.8 Å². The highest BCUT2D eigenvalue weighted by Gasteiger charge is 2.29. The molecule has 2 saturated carbocycles. The van der Waals surface area contributed by atoms with Gasteiger partial charge in [-0.3, -0.25) is 9.59 Å². The van der Waals surface area contributed by atoms with Gasteiger partial charge in [0.1, 0.15) is 23.3 Å². The standard InChI is InChI=1S/C26H29N5O5/c1-14(32)30-16-4-6-17(7-5-16)31-26(33)18-10-27-24-22(18)28-12-29-23(24)21-19(34-11-15-2-3-15)8-9-20-25(21)36-13-35-20/h8-10,12,15-17,27H,2-7,11,13H2,1H3,(H,30,32)(H,31,33)/t16-,17+. The highest BCUT2D eigenvalue weighted by atomic mass is 16.7. The van der Waals surface area contributed by atoms with Crippen molar-refractivity contribution in [1.29, 1.82) is 0 Å². The van der Waals surface area contributed by atoms with Crippen LogP contribution < -0.4 is 24.8 Å². The van der Waals surface area contributed by atoms with Crippen LogP contribution in [0, 0.1) is 5.92 Å². The van der Waals surface area contributed by atoms with Gasteiger partial charge < -0.3 is 29.8 Å². The number of aromatic amines is 1. The number of H-pyrrole nitrogens is 1. The lowest BCUT2D eigenvalue weighted by Crippen LogP contribution is -2.43. The van der Waals surface area contributed by atoms with Crippen molar-refractivity contribution in [3.63, 3.8) is 0 Å². The zero-order valence-electron chi connectivity index (χ0n) is 20.1. The van der Waals surface area contributed by atoms with E-state index in [2.05, 4.69) is 25.6 Å². The van der Waals surface area contributed by atoms with Crippen molar-refractivity contribution < 1.29 is 23.8 Å². The van der Waals surface area contributed by atoms with Gasteiger partial charge in [-0.05, 0) is 56.6 Å². The van der Waals surface area contributed by atoms with Crippen molar-refractivity contribution in [2.24, 2.45) is 5.92 Å². The van der Waals surface area contributed by atoms with Gasteiger partial charge in [0.25, 0.3) is 5.91 Å². The zero-order valence-corrected chi connectivity index (χ0v) is 20.1. The smallest absolute Gasteiger partial charge is 0.255 e. The molecule has 2 fully saturated rings. The molecular formula is C26H29N5O5. The van der Waals surface area contributed by atoms with Crippen molar-refractivity contribution in [1.82, 2.24) is 25.6 Å². The van der Waals surface area contributed by atoms with Gasteiger partial charge in [0, 0.05) is 25.2 Å². The summed E-state index contributed by atoms with van der Waals surface area (Å²) >= 11 is 0. The van der Waals surface area contributed by atoms with Crippen molar-refractivity contribution in [3.05, 3.63) is 30.2 Å². The highest BCUT2D eigenvalue weighted by Crippen LogP contribution is 2.48. The first-order valence-corrected chi connectivity index (χ1v) is 12.5. The second-order valence-corrected chi connectivity index (χ2v) is 9.80. The van der Waals surface area contributed by atoms with E-state index in [4.69, 9.17) is 14.2 Å². The number of carbonyl (C=O) groups excluding carboxylic acids is 2. The molecule has 36 heavy (non-hydrogen) atoms. The van der Waals surface area contributed by atoms with Crippen LogP contribution >= 0.6 is 0 Å². The van der Waals surface area contributed by atoms with Crippen LogP contribution in [0.5, 0.6) is 17.2 Å². The van der Waals surface area contributed by atoms with E-state index in [1.807, 2.05) is 12.1 Å². The fourth-order valence-electron chi connectivity index (χ4n) is 5.03. The van der Waals surface area contributed by atoms with E-state index in [1.54, 1.807) is 6.20 Å². The van der Waals surface area contributed by atoms with Crippen LogP contribution in [0.4, 0.5) is 0 Å². The van der Waals surface area contributed by atoms with Crippen LogP contribution in [-0.2, 0) is 4.79 Å². The number of rotatable bonds is 7. The molecule has 3 aliphatic rings. The minimum absolute atomic E-state index is 0.0149. The Morgan fingerprint density at radius 1 is 1.06 bits per heavy atom. The third-order valence-electron chi connectivity index (χ3n) is 7.09. The fraction of sp³-hybridized carbons (Fsp3) is 0.462. The molecule has 0 atom stereocenters. The number of carbonyl (C=O) groups is 2. The summed E-state index contributed by atoms with van der Waals surface area (Å²) in [5, 5.41) is 6.10. The largest absolute Gasteiger partial charge is 0.492 e. The zero-order chi connectivity index (χ0) is 24.6. The van der Waals surface area contributed by atoms with Gasteiger partial charge in [-0.25, -0.2) is 9.97 Å². The minimum Gasteiger partial charge on any atom is -0.492 e. The summed E-state index contributed by atoms with van der Waals surface area (Å²) in [6.45, 7) is 2.31. The average Bonchev–Trinajstić information content (AvgIpc) is 3.39. The van der Waals surface area contributed by atoms with E-state index in [9.17, 15) is 9.59 Å². The molecule has 2 aliphatic carbocycles. The van der Waals surface area contributed by atoms with Crippen molar-refractivity contribution in [3.8, 4) is 28.5 Å². The third kappa shape index (κ3) is 4.43. The van der Waals surface area contributed by atoms with Crippen LogP contribution in [0.3, 0.4) is 0 Å². The Labute approximate surface area is 208 Å². The Kier molecular flexibility index (Phi) is 5.86. The highest BCUT2D eigenvalue weighted by molar-refractivity contribution is 6.08. The Balaban J connectivity index is 1.27. The summed E-state index contributed by atoms with van der Waals surface area (Å²) in [6, 6.07) is 3.96. The van der Waals surface area contributed by atoms with Crippen LogP contribution in [0.15, 0.2) is 24.7 Å². The maximum atomic E-state index is 13.2. The fourth-order valence-corrected chi connectivity index (χ4v) is 5.03. The molecule has 2 amide bonds. The normalized spacial score (nSPS) is 20.8. The van der Waals surface area contributed by atoms with Gasteiger partial charge in [0.05, 0.1) is 23.3 Å². The van der Waals surface area contributed by atoms with E-state index >= 15 is 0 Å². The molecular weight excluding hydrogens is 462 g/mol. The number of nitrogens with one attached hydrogen (secondary N) is 3. The number of fused-ring (bicyclic) bond motifs is 2. The van der Waals surface area contributed by atoms with Gasteiger partial charge in [0.2, 0.25) is 12.7 Å². The lowest BCUT2D eigenvalue weighted by atomic mass is 9.91. The van der Waals surface area contributed by atoms with Gasteiger partial charge in [-0.2, -0.15) is 0 Å². The number of ether oxygens (including phenoxy) is 3. The Hall–Kier alpha value is -3.82. The monoisotopic (exact) mass is 491 g/mol. The van der Waals surface area contributed by atoms with Crippen molar-refractivity contribution in [2.45, 2.75) is 57.5 Å². The number of benzene rings is 1. The Morgan fingerprint density at radius 3 is 2.58 bits per heavy atom. The second kappa shape index (κ2) is 9.33. The number of amides is 2. The number of aromatic nitrogens is 3. The van der Waals surface area contributed by atoms with E-state index < -0.39 is 0 Å². The molecule has 0 bridgehead atoms. The summed E-state index contributed by atoms with van der Waals surface area (Å²) in [7, 11) is 0. The average molecular weight is 492 g/mol. The van der Waals surface area contributed by atoms with Crippen molar-refractivity contribution in [2.75, 3.05) is 13.4 Å². The molecule has 188 valence electrons. The molecule has 3 heterocycles. The molecule has 2 aromatic heterocycles. The summed E-state index contributed by atoms with van der Waals surface area (Å²) < 4.78 is 17.6. The van der Waals surface area contributed by atoms with Crippen LogP contribution in [0.2, 0.25) is 0 Å². The number of hydrogen-bond acceptors (Lipinski definition) is 7. The molecule has 3 aromatic rings. The lowest BCUT2D eigenvalue weighted by Gasteiger charge is -2.29. The molecule has 6 rings (SSSR count). The molecule has 1 aliphatic heterocycles. The first-order chi connectivity index (χ1) is 17.6. The predicted octanol–water partition coefficient (Wildman–Crippen LogP) is 3.32. The summed E-state index contributed by atoms with van der Waals surface area (Å²) in [5.74, 6) is 2.27. The van der Waals surface area contributed by atoms with E-state index in [-0.39, 0.29) is 30.7 Å². The number of hydrogen-bond donors (Lipinski definition) is 3. The van der Waals surface area contributed by atoms with Gasteiger partial charge in [0.15, 0.2) is 11.5 Å². The lowest BCUT2D eigenvalue weighted by molar-refractivity contribution is -0.119. The van der Waals surface area contributed by atoms with Crippen LogP contribution in [0.25, 0.3) is 22.3 Å². The Bertz CT molecular complexity index is 1310. The SMILES string of the molecule is CC(=O)N[C@H]1CC[C@@H](NC(=O)c2c[nH]c3c(-c4c(OCC5CC5)ccc5c4OCO5)ncnc23)CC1. The second-order valence-electron chi connectivity index (χ2n) is 9.80. The molecule has 10 nitrogen and oxygen atoms in total. The topological polar surface area (TPSA) is 127 Å². The first kappa shape index (κ1) is 22.6. The molecule has 1 aromatic carbocycles. The summed E-state index contributed by atoms with van der Waals surface area (Å²) in [5.41, 5.74) is 2.93. The predicted molar refractivity (Wildman–Crippen MR) is 131 cm³/mol. The summed E-state index contributed by atoms with van der Waals surface area (Å²) in [6.07, 6.45) is 8.81. The van der Waals surface area contributed by atoms with E-state index in [0.29, 0.717) is 57.6 Å². The third-order valence-corrected chi connectivity index (χ3v) is 7.09. The van der Waals surface area contributed by atoms with Crippen LogP contribution in [0.1, 0.15) is 55.8 Å².